The fourth-order valence-corrected chi connectivity index (χ4v) is 3.15. The number of aromatic nitrogens is 2. The Hall–Kier alpha value is -1.95. The molecule has 0 bridgehead atoms. The van der Waals surface area contributed by atoms with Crippen LogP contribution in [0.1, 0.15) is 32.4 Å². The van der Waals surface area contributed by atoms with Crippen LogP contribution in [0.2, 0.25) is 0 Å². The summed E-state index contributed by atoms with van der Waals surface area (Å²) >= 11 is 1.63. The maximum absolute atomic E-state index is 11.9. The summed E-state index contributed by atoms with van der Waals surface area (Å²) in [6.45, 7) is 6.99. The Kier molecular flexibility index (Phi) is 3.87. The lowest BCUT2D eigenvalue weighted by Crippen LogP contribution is -2.50. The first-order chi connectivity index (χ1) is 10.4. The van der Waals surface area contributed by atoms with Crippen LogP contribution in [0, 0.1) is 0 Å². The number of amides is 1. The van der Waals surface area contributed by atoms with Gasteiger partial charge in [-0.2, -0.15) is 0 Å². The van der Waals surface area contributed by atoms with Crippen molar-refractivity contribution in [3.63, 3.8) is 0 Å². The van der Waals surface area contributed by atoms with Gasteiger partial charge < -0.3 is 9.64 Å². The Morgan fingerprint density at radius 3 is 2.64 bits per heavy atom. The minimum Gasteiger partial charge on any atom is -0.444 e. The van der Waals surface area contributed by atoms with E-state index in [4.69, 9.17) is 4.74 Å². The van der Waals surface area contributed by atoms with E-state index in [2.05, 4.69) is 15.3 Å². The lowest BCUT2D eigenvalue weighted by Gasteiger charge is -2.39. The molecule has 0 unspecified atom stereocenters. The standard InChI is InChI=1S/C16H19N3O2S/c1-16(2,3)21-15(20)19-8-12(9-19)13-10-22-14(18-13)11-4-6-17-7-5-11/h4-7,10,12H,8-9H2,1-3H3. The van der Waals surface area contributed by atoms with E-state index in [1.54, 1.807) is 28.6 Å². The van der Waals surface area contributed by atoms with Crippen LogP contribution in [0.15, 0.2) is 29.9 Å². The zero-order valence-corrected chi connectivity index (χ0v) is 13.8. The molecule has 0 saturated carbocycles. The quantitative estimate of drug-likeness (QED) is 0.850. The highest BCUT2D eigenvalue weighted by Gasteiger charge is 2.35. The summed E-state index contributed by atoms with van der Waals surface area (Å²) in [5.74, 6) is 0.305. The second-order valence-electron chi connectivity index (χ2n) is 6.40. The summed E-state index contributed by atoms with van der Waals surface area (Å²) in [7, 11) is 0. The molecule has 5 nitrogen and oxygen atoms in total. The number of hydrogen-bond acceptors (Lipinski definition) is 5. The van der Waals surface area contributed by atoms with E-state index in [0.717, 1.165) is 16.3 Å². The Labute approximate surface area is 134 Å². The average Bonchev–Trinajstić information content (AvgIpc) is 2.85. The Morgan fingerprint density at radius 2 is 2.00 bits per heavy atom. The van der Waals surface area contributed by atoms with E-state index in [-0.39, 0.29) is 6.09 Å². The van der Waals surface area contributed by atoms with Crippen molar-refractivity contribution in [1.29, 1.82) is 0 Å². The predicted molar refractivity (Wildman–Crippen MR) is 85.9 cm³/mol. The van der Waals surface area contributed by atoms with Gasteiger partial charge in [-0.05, 0) is 32.9 Å². The molecule has 0 aromatic carbocycles. The van der Waals surface area contributed by atoms with Crippen LogP contribution in [-0.2, 0) is 4.74 Å². The molecule has 1 aliphatic rings. The van der Waals surface area contributed by atoms with Gasteiger partial charge in [-0.15, -0.1) is 11.3 Å². The number of pyridine rings is 1. The van der Waals surface area contributed by atoms with Crippen LogP contribution in [0.4, 0.5) is 4.79 Å². The van der Waals surface area contributed by atoms with Gasteiger partial charge in [0.15, 0.2) is 0 Å². The Bertz CT molecular complexity index is 658. The molecule has 1 saturated heterocycles. The van der Waals surface area contributed by atoms with Crippen molar-refractivity contribution in [2.45, 2.75) is 32.3 Å². The molecule has 0 spiro atoms. The lowest BCUT2D eigenvalue weighted by molar-refractivity contribution is 0.00793. The van der Waals surface area contributed by atoms with E-state index in [1.807, 2.05) is 32.9 Å². The molecule has 2 aromatic rings. The molecule has 1 fully saturated rings. The van der Waals surface area contributed by atoms with Gasteiger partial charge in [0.1, 0.15) is 10.6 Å². The first-order valence-corrected chi connectivity index (χ1v) is 8.14. The molecule has 0 N–H and O–H groups in total. The van der Waals surface area contributed by atoms with Gasteiger partial charge in [-0.1, -0.05) is 0 Å². The smallest absolute Gasteiger partial charge is 0.410 e. The average molecular weight is 317 g/mol. The molecule has 3 heterocycles. The van der Waals surface area contributed by atoms with Crippen molar-refractivity contribution in [2.24, 2.45) is 0 Å². The van der Waals surface area contributed by atoms with Crippen LogP contribution < -0.4 is 0 Å². The van der Waals surface area contributed by atoms with Crippen molar-refractivity contribution in [3.8, 4) is 10.6 Å². The maximum Gasteiger partial charge on any atom is 0.410 e. The lowest BCUT2D eigenvalue weighted by atomic mass is 9.98. The van der Waals surface area contributed by atoms with Crippen molar-refractivity contribution < 1.29 is 9.53 Å². The normalized spacial score (nSPS) is 15.5. The van der Waals surface area contributed by atoms with Gasteiger partial charge >= 0.3 is 6.09 Å². The molecule has 116 valence electrons. The Balaban J connectivity index is 1.60. The van der Waals surface area contributed by atoms with Crippen LogP contribution in [-0.4, -0.2) is 39.7 Å². The molecule has 3 rings (SSSR count). The highest BCUT2D eigenvalue weighted by atomic mass is 32.1. The summed E-state index contributed by atoms with van der Waals surface area (Å²) < 4.78 is 5.36. The van der Waals surface area contributed by atoms with Crippen LogP contribution in [0.5, 0.6) is 0 Å². The van der Waals surface area contributed by atoms with E-state index >= 15 is 0 Å². The third-order valence-electron chi connectivity index (χ3n) is 3.40. The summed E-state index contributed by atoms with van der Waals surface area (Å²) in [5.41, 5.74) is 1.68. The van der Waals surface area contributed by atoms with Crippen molar-refractivity contribution in [2.75, 3.05) is 13.1 Å². The van der Waals surface area contributed by atoms with Crippen LogP contribution in [0.3, 0.4) is 0 Å². The topological polar surface area (TPSA) is 55.3 Å². The number of rotatable bonds is 2. The number of ether oxygens (including phenoxy) is 1. The number of hydrogen-bond donors (Lipinski definition) is 0. The molecule has 2 aromatic heterocycles. The van der Waals surface area contributed by atoms with Crippen LogP contribution in [0.25, 0.3) is 10.6 Å². The van der Waals surface area contributed by atoms with Gasteiger partial charge in [-0.25, -0.2) is 9.78 Å². The van der Waals surface area contributed by atoms with Gasteiger partial charge in [0.2, 0.25) is 0 Å². The molecule has 0 aliphatic carbocycles. The zero-order chi connectivity index (χ0) is 15.7. The summed E-state index contributed by atoms with van der Waals surface area (Å²) in [4.78, 5) is 22.3. The van der Waals surface area contributed by atoms with Gasteiger partial charge in [0, 0.05) is 42.3 Å². The predicted octanol–water partition coefficient (Wildman–Crippen LogP) is 3.54. The zero-order valence-electron chi connectivity index (χ0n) is 12.9. The van der Waals surface area contributed by atoms with E-state index in [0.29, 0.717) is 19.0 Å². The number of likely N-dealkylation sites (tertiary alicyclic amines) is 1. The minimum atomic E-state index is -0.447. The first kappa shape index (κ1) is 15.0. The number of nitrogens with zero attached hydrogens (tertiary/aromatic N) is 3. The van der Waals surface area contributed by atoms with Crippen molar-refractivity contribution >= 4 is 17.4 Å². The second kappa shape index (κ2) is 5.68. The van der Waals surface area contributed by atoms with E-state index < -0.39 is 5.60 Å². The number of carbonyl (C=O) groups is 1. The fourth-order valence-electron chi connectivity index (χ4n) is 2.24. The molecule has 1 aliphatic heterocycles. The molecule has 6 heteroatoms. The van der Waals surface area contributed by atoms with Crippen molar-refractivity contribution in [1.82, 2.24) is 14.9 Å². The van der Waals surface area contributed by atoms with E-state index in [9.17, 15) is 4.79 Å². The van der Waals surface area contributed by atoms with Gasteiger partial charge in [0.05, 0.1) is 5.69 Å². The highest BCUT2D eigenvalue weighted by molar-refractivity contribution is 7.13. The maximum atomic E-state index is 11.9. The van der Waals surface area contributed by atoms with Gasteiger partial charge in [-0.3, -0.25) is 4.98 Å². The largest absolute Gasteiger partial charge is 0.444 e. The third kappa shape index (κ3) is 3.27. The van der Waals surface area contributed by atoms with Gasteiger partial charge in [0.25, 0.3) is 0 Å². The molecule has 0 atom stereocenters. The summed E-state index contributed by atoms with van der Waals surface area (Å²) in [5, 5.41) is 3.07. The minimum absolute atomic E-state index is 0.242. The molecular weight excluding hydrogens is 298 g/mol. The SMILES string of the molecule is CC(C)(C)OC(=O)N1CC(c2csc(-c3ccncc3)n2)C1. The molecular formula is C16H19N3O2S. The first-order valence-electron chi connectivity index (χ1n) is 7.26. The molecule has 1 amide bonds. The number of thiazole rings is 1. The monoisotopic (exact) mass is 317 g/mol. The van der Waals surface area contributed by atoms with E-state index in [1.165, 1.54) is 0 Å². The second-order valence-corrected chi connectivity index (χ2v) is 7.25. The number of carbonyl (C=O) groups excluding carboxylic acids is 1. The van der Waals surface area contributed by atoms with Crippen LogP contribution >= 0.6 is 11.3 Å². The summed E-state index contributed by atoms with van der Waals surface area (Å²) in [6, 6.07) is 3.91. The van der Waals surface area contributed by atoms with Crippen molar-refractivity contribution in [3.05, 3.63) is 35.6 Å². The molecule has 22 heavy (non-hydrogen) atoms. The third-order valence-corrected chi connectivity index (χ3v) is 4.31. The summed E-state index contributed by atoms with van der Waals surface area (Å²) in [6.07, 6.45) is 3.29. The highest BCUT2D eigenvalue weighted by Crippen LogP contribution is 2.32. The molecule has 0 radical (unpaired) electrons. The fraction of sp³-hybridized carbons (Fsp3) is 0.438. The Morgan fingerprint density at radius 1 is 1.32 bits per heavy atom.